The number of anilines is 1. The largest absolute Gasteiger partial charge is 0.442 e. The molecule has 1 saturated carbocycles. The van der Waals surface area contributed by atoms with Crippen molar-refractivity contribution >= 4 is 17.9 Å². The first-order chi connectivity index (χ1) is 12.1. The molecule has 2 N–H and O–H groups in total. The van der Waals surface area contributed by atoms with E-state index in [9.17, 15) is 4.79 Å². The maximum Gasteiger partial charge on any atom is 0.405 e. The summed E-state index contributed by atoms with van der Waals surface area (Å²) in [5.41, 5.74) is 7.54. The zero-order valence-corrected chi connectivity index (χ0v) is 15.6. The van der Waals surface area contributed by atoms with Crippen LogP contribution in [0.15, 0.2) is 30.3 Å². The Kier molecular flexibility index (Phi) is 7.83. The fourth-order valence-electron chi connectivity index (χ4n) is 3.49. The number of nitrogens with two attached hydrogens (primary N) is 1. The molecule has 1 amide bonds. The van der Waals surface area contributed by atoms with Crippen LogP contribution in [0.1, 0.15) is 63.9 Å². The van der Waals surface area contributed by atoms with Crippen molar-refractivity contribution in [1.82, 2.24) is 0 Å². The van der Waals surface area contributed by atoms with Gasteiger partial charge in [-0.25, -0.2) is 4.79 Å². The van der Waals surface area contributed by atoms with Gasteiger partial charge in [-0.15, -0.1) is 0 Å². The van der Waals surface area contributed by atoms with Crippen molar-refractivity contribution in [3.05, 3.63) is 35.9 Å². The number of carbonyl (C=O) groups is 1. The molecule has 1 atom stereocenters. The highest BCUT2D eigenvalue weighted by Gasteiger charge is 2.18. The van der Waals surface area contributed by atoms with Crippen LogP contribution in [0.2, 0.25) is 0 Å². The lowest BCUT2D eigenvalue weighted by atomic mass is 9.94. The van der Waals surface area contributed by atoms with Gasteiger partial charge in [0, 0.05) is 18.8 Å². The average molecular weight is 344 g/mol. The van der Waals surface area contributed by atoms with Crippen LogP contribution in [0.5, 0.6) is 0 Å². The Hall–Kier alpha value is -1.97. The minimum Gasteiger partial charge on any atom is -0.442 e. The summed E-state index contributed by atoms with van der Waals surface area (Å²) in [6.07, 6.45) is 12.5. The number of primary amides is 1. The molecular weight excluding hydrogens is 312 g/mol. The lowest BCUT2D eigenvalue weighted by Crippen LogP contribution is -2.33. The van der Waals surface area contributed by atoms with Crippen LogP contribution in [-0.4, -0.2) is 25.3 Å². The summed E-state index contributed by atoms with van der Waals surface area (Å²) in [5, 5.41) is 0. The Balaban J connectivity index is 2.04. The van der Waals surface area contributed by atoms with E-state index in [0.717, 1.165) is 24.8 Å². The maximum absolute atomic E-state index is 11.1. The normalized spacial score (nSPS) is 16.7. The van der Waals surface area contributed by atoms with Crippen molar-refractivity contribution < 1.29 is 9.53 Å². The molecule has 25 heavy (non-hydrogen) atoms. The Labute approximate surface area is 152 Å². The number of unbranched alkanes of at least 4 members (excludes halogenated alkanes) is 1. The first-order valence-corrected chi connectivity index (χ1v) is 9.57. The molecule has 0 aliphatic heterocycles. The number of benzene rings is 1. The molecule has 1 fully saturated rings. The summed E-state index contributed by atoms with van der Waals surface area (Å²) in [7, 11) is 2.19. The summed E-state index contributed by atoms with van der Waals surface area (Å²) < 4.78 is 5.19. The lowest BCUT2D eigenvalue weighted by molar-refractivity contribution is 0.124. The average Bonchev–Trinajstić information content (AvgIpc) is 2.64. The third-order valence-electron chi connectivity index (χ3n) is 5.01. The summed E-state index contributed by atoms with van der Waals surface area (Å²) in [4.78, 5) is 13.5. The Bertz CT molecular complexity index is 565. The number of carbonyl (C=O) groups excluding carboxylic acids is 1. The second-order valence-electron chi connectivity index (χ2n) is 6.97. The topological polar surface area (TPSA) is 55.6 Å². The molecule has 1 aromatic carbocycles. The minimum absolute atomic E-state index is 0.253. The smallest absolute Gasteiger partial charge is 0.405 e. The highest BCUT2D eigenvalue weighted by molar-refractivity contribution is 5.65. The van der Waals surface area contributed by atoms with Crippen LogP contribution in [0.4, 0.5) is 10.5 Å². The van der Waals surface area contributed by atoms with Crippen molar-refractivity contribution in [2.45, 2.75) is 70.4 Å². The van der Waals surface area contributed by atoms with Gasteiger partial charge in [-0.1, -0.05) is 50.8 Å². The van der Waals surface area contributed by atoms with E-state index >= 15 is 0 Å². The monoisotopic (exact) mass is 344 g/mol. The minimum atomic E-state index is -0.712. The van der Waals surface area contributed by atoms with E-state index in [4.69, 9.17) is 10.5 Å². The number of rotatable bonds is 8. The van der Waals surface area contributed by atoms with Crippen LogP contribution in [-0.2, 0) is 4.74 Å². The van der Waals surface area contributed by atoms with Crippen molar-refractivity contribution in [3.8, 4) is 0 Å². The van der Waals surface area contributed by atoms with Crippen molar-refractivity contribution in [1.29, 1.82) is 0 Å². The van der Waals surface area contributed by atoms with E-state index in [1.165, 1.54) is 37.8 Å². The molecular formula is C21H32N2O2. The molecule has 4 heteroatoms. The van der Waals surface area contributed by atoms with Crippen molar-refractivity contribution in [3.63, 3.8) is 0 Å². The molecule has 0 heterocycles. The molecule has 138 valence electrons. The molecule has 1 aliphatic carbocycles. The molecule has 1 aliphatic rings. The number of nitrogens with zero attached hydrogens (tertiary/aromatic N) is 1. The molecule has 4 nitrogen and oxygen atoms in total. The zero-order valence-electron chi connectivity index (χ0n) is 15.6. The predicted molar refractivity (Wildman–Crippen MR) is 105 cm³/mol. The third kappa shape index (κ3) is 6.45. The number of hydrogen-bond donors (Lipinski definition) is 1. The van der Waals surface area contributed by atoms with Gasteiger partial charge >= 0.3 is 6.09 Å². The molecule has 2 rings (SSSR count). The quantitative estimate of drug-likeness (QED) is 0.712. The first kappa shape index (κ1) is 19.4. The van der Waals surface area contributed by atoms with Crippen molar-refractivity contribution in [2.24, 2.45) is 5.73 Å². The van der Waals surface area contributed by atoms with Gasteiger partial charge < -0.3 is 15.4 Å². The van der Waals surface area contributed by atoms with E-state index in [1.807, 2.05) is 12.2 Å². The van der Waals surface area contributed by atoms with Gasteiger partial charge in [-0.2, -0.15) is 0 Å². The van der Waals surface area contributed by atoms with Gasteiger partial charge in [0.15, 0.2) is 0 Å². The van der Waals surface area contributed by atoms with Crippen molar-refractivity contribution in [2.75, 3.05) is 11.9 Å². The second kappa shape index (κ2) is 10.1. The highest BCUT2D eigenvalue weighted by atomic mass is 16.6. The van der Waals surface area contributed by atoms with E-state index in [0.29, 0.717) is 6.04 Å². The van der Waals surface area contributed by atoms with Gasteiger partial charge in [0.05, 0.1) is 0 Å². The fraction of sp³-hybridized carbons (Fsp3) is 0.571. The second-order valence-corrected chi connectivity index (χ2v) is 6.97. The molecule has 0 aromatic heterocycles. The Morgan fingerprint density at radius 3 is 2.80 bits per heavy atom. The summed E-state index contributed by atoms with van der Waals surface area (Å²) in [6, 6.07) is 9.18. The summed E-state index contributed by atoms with van der Waals surface area (Å²) in [5.74, 6) is 0. The SMILES string of the molecule is CCCCC(C=Cc1cccc(N(C)C2CCCCC2)c1)OC(N)=O. The molecule has 1 unspecified atom stereocenters. The van der Waals surface area contributed by atoms with Crippen LogP contribution < -0.4 is 10.6 Å². The standard InChI is InChI=1S/C21H32N2O2/c1-3-4-13-20(25-21(22)24)15-14-17-9-8-12-19(16-17)23(2)18-10-6-5-7-11-18/h8-9,12,14-16,18,20H,3-7,10-11,13H2,1-2H3,(H2,22,24). The van der Waals surface area contributed by atoms with Crippen LogP contribution in [0.25, 0.3) is 6.08 Å². The van der Waals surface area contributed by atoms with Gasteiger partial charge in [-0.05, 0) is 49.5 Å². The van der Waals surface area contributed by atoms with E-state index in [-0.39, 0.29) is 6.10 Å². The number of amides is 1. The van der Waals surface area contributed by atoms with E-state index < -0.39 is 6.09 Å². The summed E-state index contributed by atoms with van der Waals surface area (Å²) in [6.45, 7) is 2.12. The lowest BCUT2D eigenvalue weighted by Gasteiger charge is -2.33. The molecule has 0 radical (unpaired) electrons. The molecule has 0 spiro atoms. The zero-order chi connectivity index (χ0) is 18.1. The molecule has 0 bridgehead atoms. The molecule has 1 aromatic rings. The highest BCUT2D eigenvalue weighted by Crippen LogP contribution is 2.26. The van der Waals surface area contributed by atoms with Gasteiger partial charge in [0.25, 0.3) is 0 Å². The van der Waals surface area contributed by atoms with E-state index in [1.54, 1.807) is 0 Å². The Morgan fingerprint density at radius 2 is 2.12 bits per heavy atom. The third-order valence-corrected chi connectivity index (χ3v) is 5.01. The van der Waals surface area contributed by atoms with Crippen LogP contribution >= 0.6 is 0 Å². The number of hydrogen-bond acceptors (Lipinski definition) is 3. The summed E-state index contributed by atoms with van der Waals surface area (Å²) >= 11 is 0. The van der Waals surface area contributed by atoms with Gasteiger partial charge in [-0.3, -0.25) is 0 Å². The molecule has 0 saturated heterocycles. The first-order valence-electron chi connectivity index (χ1n) is 9.57. The number of ether oxygens (including phenoxy) is 1. The van der Waals surface area contributed by atoms with Crippen LogP contribution in [0, 0.1) is 0 Å². The van der Waals surface area contributed by atoms with E-state index in [2.05, 4.69) is 43.1 Å². The predicted octanol–water partition coefficient (Wildman–Crippen LogP) is 5.12. The van der Waals surface area contributed by atoms with Gasteiger partial charge in [0.1, 0.15) is 6.10 Å². The van der Waals surface area contributed by atoms with Crippen LogP contribution in [0.3, 0.4) is 0 Å². The maximum atomic E-state index is 11.1. The Morgan fingerprint density at radius 1 is 1.36 bits per heavy atom. The fourth-order valence-corrected chi connectivity index (χ4v) is 3.49. The van der Waals surface area contributed by atoms with Gasteiger partial charge in [0.2, 0.25) is 0 Å².